The Kier molecular flexibility index (Phi) is 5.48. The number of anilines is 1. The summed E-state index contributed by atoms with van der Waals surface area (Å²) in [5.74, 6) is 0.727. The molecule has 0 saturated heterocycles. The van der Waals surface area contributed by atoms with Crippen molar-refractivity contribution in [2.24, 2.45) is 4.99 Å². The van der Waals surface area contributed by atoms with Crippen molar-refractivity contribution in [1.82, 2.24) is 0 Å². The third kappa shape index (κ3) is 5.04. The zero-order valence-electron chi connectivity index (χ0n) is 13.9. The Hall–Kier alpha value is -2.39. The number of rotatable bonds is 6. The summed E-state index contributed by atoms with van der Waals surface area (Å²) in [6.45, 7) is 0. The number of aliphatic imine (C=N–C) groups is 1. The molecule has 0 heterocycles. The molecule has 0 bridgehead atoms. The van der Waals surface area contributed by atoms with Gasteiger partial charge in [0.2, 0.25) is 20.0 Å². The zero-order chi connectivity index (χ0) is 18.7. The summed E-state index contributed by atoms with van der Waals surface area (Å²) in [6.07, 6.45) is 3.27. The summed E-state index contributed by atoms with van der Waals surface area (Å²) in [5, 5.41) is 0. The van der Waals surface area contributed by atoms with Crippen LogP contribution in [0, 0.1) is 0 Å². The molecule has 0 atom stereocenters. The van der Waals surface area contributed by atoms with Crippen molar-refractivity contribution in [2.45, 2.75) is 0 Å². The molecule has 25 heavy (non-hydrogen) atoms. The minimum Gasteiger partial charge on any atom is -0.497 e. The van der Waals surface area contributed by atoms with Crippen molar-refractivity contribution >= 4 is 37.6 Å². The third-order valence-electron chi connectivity index (χ3n) is 3.14. The summed E-state index contributed by atoms with van der Waals surface area (Å²) in [6, 6.07) is 13.2. The van der Waals surface area contributed by atoms with E-state index in [2.05, 4.69) is 4.99 Å². The van der Waals surface area contributed by atoms with Crippen LogP contribution in [0.15, 0.2) is 53.5 Å². The zero-order valence-corrected chi connectivity index (χ0v) is 15.6. The Morgan fingerprint density at radius 1 is 0.880 bits per heavy atom. The lowest BCUT2D eigenvalue weighted by molar-refractivity contribution is 0.415. The van der Waals surface area contributed by atoms with Gasteiger partial charge in [-0.25, -0.2) is 16.8 Å². The quantitative estimate of drug-likeness (QED) is 0.714. The number of hydrogen-bond donors (Lipinski definition) is 0. The van der Waals surface area contributed by atoms with Gasteiger partial charge in [-0.05, 0) is 42.0 Å². The normalized spacial score (nSPS) is 12.3. The first kappa shape index (κ1) is 18.9. The van der Waals surface area contributed by atoms with Gasteiger partial charge >= 0.3 is 0 Å². The average Bonchev–Trinajstić information content (AvgIpc) is 2.52. The Morgan fingerprint density at radius 3 is 1.84 bits per heavy atom. The van der Waals surface area contributed by atoms with Gasteiger partial charge in [0.25, 0.3) is 0 Å². The van der Waals surface area contributed by atoms with Crippen molar-refractivity contribution in [1.29, 1.82) is 0 Å². The summed E-state index contributed by atoms with van der Waals surface area (Å²) in [5.41, 5.74) is 1.46. The van der Waals surface area contributed by atoms with Crippen molar-refractivity contribution in [2.75, 3.05) is 23.3 Å². The molecule has 0 aliphatic heterocycles. The number of ether oxygens (including phenoxy) is 1. The highest BCUT2D eigenvalue weighted by molar-refractivity contribution is 8.09. The summed E-state index contributed by atoms with van der Waals surface area (Å²) in [7, 11) is -6.32. The minimum atomic E-state index is -3.95. The summed E-state index contributed by atoms with van der Waals surface area (Å²) in [4.78, 5) is 4.29. The monoisotopic (exact) mass is 382 g/mol. The van der Waals surface area contributed by atoms with E-state index in [1.807, 2.05) is 0 Å². The number of benzene rings is 2. The molecule has 2 rings (SSSR count). The number of hydrogen-bond acceptors (Lipinski definition) is 6. The maximum absolute atomic E-state index is 11.7. The van der Waals surface area contributed by atoms with Crippen LogP contribution in [0.2, 0.25) is 0 Å². The van der Waals surface area contributed by atoms with Gasteiger partial charge in [-0.1, -0.05) is 12.1 Å². The number of sulfonamides is 2. The highest BCUT2D eigenvalue weighted by Crippen LogP contribution is 2.22. The fourth-order valence-electron chi connectivity index (χ4n) is 2.13. The van der Waals surface area contributed by atoms with E-state index in [9.17, 15) is 16.8 Å². The Morgan fingerprint density at radius 2 is 1.40 bits per heavy atom. The largest absolute Gasteiger partial charge is 0.497 e. The van der Waals surface area contributed by atoms with Crippen LogP contribution in [-0.4, -0.2) is 42.7 Å². The van der Waals surface area contributed by atoms with E-state index in [4.69, 9.17) is 4.74 Å². The van der Waals surface area contributed by atoms with Crippen LogP contribution in [0.4, 0.5) is 11.4 Å². The third-order valence-corrected chi connectivity index (χ3v) is 6.39. The number of methoxy groups -OCH3 is 1. The fraction of sp³-hybridized carbons (Fsp3) is 0.188. The first-order valence-corrected chi connectivity index (χ1v) is 10.8. The van der Waals surface area contributed by atoms with E-state index < -0.39 is 20.0 Å². The van der Waals surface area contributed by atoms with Crippen LogP contribution in [0.1, 0.15) is 5.56 Å². The lowest BCUT2D eigenvalue weighted by Gasteiger charge is -2.19. The second kappa shape index (κ2) is 7.24. The lowest BCUT2D eigenvalue weighted by atomic mass is 10.2. The van der Waals surface area contributed by atoms with Crippen molar-refractivity contribution in [3.63, 3.8) is 0 Å². The van der Waals surface area contributed by atoms with E-state index >= 15 is 0 Å². The molecule has 134 valence electrons. The molecule has 9 heteroatoms. The average molecular weight is 382 g/mol. The molecule has 0 unspecified atom stereocenters. The molecule has 0 radical (unpaired) electrons. The highest BCUT2D eigenvalue weighted by Gasteiger charge is 2.26. The van der Waals surface area contributed by atoms with Gasteiger partial charge < -0.3 is 4.74 Å². The Bertz CT molecular complexity index is 932. The second-order valence-electron chi connectivity index (χ2n) is 5.27. The van der Waals surface area contributed by atoms with E-state index in [-0.39, 0.29) is 5.69 Å². The van der Waals surface area contributed by atoms with Gasteiger partial charge in [0.05, 0.1) is 31.0 Å². The van der Waals surface area contributed by atoms with Gasteiger partial charge in [-0.2, -0.15) is 3.71 Å². The van der Waals surface area contributed by atoms with Gasteiger partial charge in [0.1, 0.15) is 5.75 Å². The van der Waals surface area contributed by atoms with Gasteiger partial charge in [-0.15, -0.1) is 0 Å². The molecule has 7 nitrogen and oxygen atoms in total. The molecule has 0 saturated carbocycles. The van der Waals surface area contributed by atoms with Gasteiger partial charge in [0.15, 0.2) is 0 Å². The maximum Gasteiger partial charge on any atom is 0.245 e. The van der Waals surface area contributed by atoms with E-state index in [1.165, 1.54) is 12.1 Å². The predicted molar refractivity (Wildman–Crippen MR) is 98.9 cm³/mol. The van der Waals surface area contributed by atoms with Crippen LogP contribution >= 0.6 is 0 Å². The highest BCUT2D eigenvalue weighted by atomic mass is 32.3. The molecule has 0 amide bonds. The SMILES string of the molecule is COc1ccc(/N=C/c2ccc(N(S(C)(=O)=O)S(C)(=O)=O)cc2)cc1. The minimum absolute atomic E-state index is 0.0478. The Balaban J connectivity index is 2.25. The molecular weight excluding hydrogens is 364 g/mol. The topological polar surface area (TPSA) is 93.1 Å². The van der Waals surface area contributed by atoms with E-state index in [1.54, 1.807) is 49.7 Å². The molecule has 0 aliphatic rings. The predicted octanol–water partition coefficient (Wildman–Crippen LogP) is 2.17. The molecule has 0 fully saturated rings. The van der Waals surface area contributed by atoms with Crippen LogP contribution in [-0.2, 0) is 20.0 Å². The first-order chi connectivity index (χ1) is 11.6. The molecule has 2 aromatic carbocycles. The van der Waals surface area contributed by atoms with E-state index in [0.29, 0.717) is 9.27 Å². The molecule has 0 spiro atoms. The van der Waals surface area contributed by atoms with Crippen LogP contribution in [0.5, 0.6) is 5.75 Å². The lowest BCUT2D eigenvalue weighted by Crippen LogP contribution is -2.35. The molecule has 0 aliphatic carbocycles. The van der Waals surface area contributed by atoms with Gasteiger partial charge in [-0.3, -0.25) is 4.99 Å². The summed E-state index contributed by atoms with van der Waals surface area (Å²) < 4.78 is 52.4. The molecule has 0 aromatic heterocycles. The van der Waals surface area contributed by atoms with Crippen molar-refractivity contribution in [3.8, 4) is 5.75 Å². The maximum atomic E-state index is 11.7. The molecule has 0 N–H and O–H groups in total. The van der Waals surface area contributed by atoms with Crippen LogP contribution in [0.25, 0.3) is 0 Å². The molecule has 2 aromatic rings. The fourth-order valence-corrected chi connectivity index (χ4v) is 5.11. The first-order valence-electron chi connectivity index (χ1n) is 7.10. The van der Waals surface area contributed by atoms with Crippen LogP contribution < -0.4 is 8.45 Å². The Labute approximate surface area is 147 Å². The van der Waals surface area contributed by atoms with Crippen LogP contribution in [0.3, 0.4) is 0 Å². The van der Waals surface area contributed by atoms with E-state index in [0.717, 1.165) is 23.9 Å². The second-order valence-corrected chi connectivity index (χ2v) is 9.16. The standard InChI is InChI=1S/C16H18N2O5S2/c1-23-16-10-6-14(7-11-16)17-12-13-4-8-15(9-5-13)18(24(2,19)20)25(3,21)22/h4-12H,1-3H3/b17-12+. The van der Waals surface area contributed by atoms with Crippen molar-refractivity contribution < 1.29 is 21.6 Å². The summed E-state index contributed by atoms with van der Waals surface area (Å²) >= 11 is 0. The number of nitrogens with zero attached hydrogens (tertiary/aromatic N) is 2. The van der Waals surface area contributed by atoms with Gasteiger partial charge in [0, 0.05) is 6.21 Å². The van der Waals surface area contributed by atoms with Crippen molar-refractivity contribution in [3.05, 3.63) is 54.1 Å². The molecular formula is C16H18N2O5S2. The smallest absolute Gasteiger partial charge is 0.245 e.